The summed E-state index contributed by atoms with van der Waals surface area (Å²) in [5, 5.41) is 10.5. The Kier molecular flexibility index (Phi) is 5.62. The molecule has 0 aliphatic heterocycles. The van der Waals surface area contributed by atoms with Crippen LogP contribution in [-0.2, 0) is 15.3 Å². The second kappa shape index (κ2) is 6.77. The maximum atomic E-state index is 11.8. The van der Waals surface area contributed by atoms with E-state index in [-0.39, 0.29) is 18.5 Å². The van der Waals surface area contributed by atoms with Crippen molar-refractivity contribution in [3.63, 3.8) is 0 Å². The van der Waals surface area contributed by atoms with Crippen molar-refractivity contribution < 1.29 is 18.9 Å². The molecule has 0 aliphatic rings. The monoisotopic (exact) mass is 288 g/mol. The van der Waals surface area contributed by atoms with Crippen molar-refractivity contribution in [2.24, 2.45) is 0 Å². The van der Waals surface area contributed by atoms with Crippen LogP contribution in [0.15, 0.2) is 24.3 Å². The molecule has 1 aromatic carbocycles. The first kappa shape index (κ1) is 15.8. The number of likely N-dealkylation sites (N-methyl/N-ethyl adjacent to an activating group) is 1. The molecule has 19 heavy (non-hydrogen) atoms. The standard InChI is InChI=1S/C11H17N2O5P/c1-12(2)7-8-18-19(16,17)9-10-3-5-11(6-4-10)13(14)15/h3-6H,7-9H2,1-2H3,(H,16,17). The molecule has 0 saturated carbocycles. The molecule has 8 heteroatoms. The van der Waals surface area contributed by atoms with Crippen molar-refractivity contribution in [3.8, 4) is 0 Å². The molecule has 0 saturated heterocycles. The summed E-state index contributed by atoms with van der Waals surface area (Å²) >= 11 is 0. The molecular formula is C11H17N2O5P. The Balaban J connectivity index is 2.57. The lowest BCUT2D eigenvalue weighted by atomic mass is 10.2. The van der Waals surface area contributed by atoms with Gasteiger partial charge in [0.15, 0.2) is 0 Å². The number of non-ortho nitro benzene ring substituents is 1. The van der Waals surface area contributed by atoms with Crippen molar-refractivity contribution in [2.75, 3.05) is 27.2 Å². The third-order valence-corrected chi connectivity index (χ3v) is 3.71. The average Bonchev–Trinajstić information content (AvgIpc) is 2.28. The summed E-state index contributed by atoms with van der Waals surface area (Å²) in [5.74, 6) is 0. The molecule has 0 aliphatic carbocycles. The van der Waals surface area contributed by atoms with Crippen molar-refractivity contribution in [2.45, 2.75) is 6.16 Å². The molecule has 106 valence electrons. The molecule has 7 nitrogen and oxygen atoms in total. The Morgan fingerprint density at radius 2 is 1.95 bits per heavy atom. The molecule has 0 radical (unpaired) electrons. The van der Waals surface area contributed by atoms with E-state index in [1.807, 2.05) is 19.0 Å². The summed E-state index contributed by atoms with van der Waals surface area (Å²) in [5.41, 5.74) is 0.478. The van der Waals surface area contributed by atoms with Crippen molar-refractivity contribution in [3.05, 3.63) is 39.9 Å². The summed E-state index contributed by atoms with van der Waals surface area (Å²) in [4.78, 5) is 21.4. The summed E-state index contributed by atoms with van der Waals surface area (Å²) in [6, 6.07) is 5.51. The van der Waals surface area contributed by atoms with Crippen LogP contribution >= 0.6 is 7.60 Å². The average molecular weight is 288 g/mol. The lowest BCUT2D eigenvalue weighted by molar-refractivity contribution is -0.384. The van der Waals surface area contributed by atoms with Crippen LogP contribution in [0.3, 0.4) is 0 Å². The van der Waals surface area contributed by atoms with Gasteiger partial charge in [-0.3, -0.25) is 14.7 Å². The second-order valence-electron chi connectivity index (χ2n) is 4.36. The largest absolute Gasteiger partial charge is 0.332 e. The maximum absolute atomic E-state index is 11.8. The van der Waals surface area contributed by atoms with Gasteiger partial charge in [-0.05, 0) is 19.7 Å². The van der Waals surface area contributed by atoms with Gasteiger partial charge >= 0.3 is 7.60 Å². The third-order valence-electron chi connectivity index (χ3n) is 2.36. The molecule has 1 aromatic rings. The predicted molar refractivity (Wildman–Crippen MR) is 71.1 cm³/mol. The summed E-state index contributed by atoms with van der Waals surface area (Å²) < 4.78 is 16.7. The van der Waals surface area contributed by atoms with Crippen LogP contribution in [0.4, 0.5) is 5.69 Å². The number of nitro groups is 1. The number of rotatable bonds is 7. The lowest BCUT2D eigenvalue weighted by Gasteiger charge is -2.14. The molecule has 0 bridgehead atoms. The number of nitro benzene ring substituents is 1. The first-order chi connectivity index (χ1) is 8.80. The Morgan fingerprint density at radius 3 is 2.42 bits per heavy atom. The van der Waals surface area contributed by atoms with E-state index in [1.54, 1.807) is 0 Å². The van der Waals surface area contributed by atoms with Gasteiger partial charge in [0.25, 0.3) is 5.69 Å². The van der Waals surface area contributed by atoms with Crippen molar-refractivity contribution >= 4 is 13.3 Å². The van der Waals surface area contributed by atoms with Crippen LogP contribution in [0.1, 0.15) is 5.56 Å². The van der Waals surface area contributed by atoms with Gasteiger partial charge in [-0.25, -0.2) is 0 Å². The van der Waals surface area contributed by atoms with E-state index in [2.05, 4.69) is 0 Å². The predicted octanol–water partition coefficient (Wildman–Crippen LogP) is 1.86. The Bertz CT molecular complexity index is 474. The van der Waals surface area contributed by atoms with Gasteiger partial charge in [0.2, 0.25) is 0 Å². The first-order valence-corrected chi connectivity index (χ1v) is 7.41. The van der Waals surface area contributed by atoms with Crippen LogP contribution in [-0.4, -0.2) is 42.0 Å². The summed E-state index contributed by atoms with van der Waals surface area (Å²) in [7, 11) is -0.0354. The fourth-order valence-corrected chi connectivity index (χ4v) is 2.50. The fourth-order valence-electron chi connectivity index (χ4n) is 1.37. The highest BCUT2D eigenvalue weighted by molar-refractivity contribution is 7.51. The molecule has 0 aromatic heterocycles. The zero-order valence-corrected chi connectivity index (χ0v) is 11.7. The van der Waals surface area contributed by atoms with Gasteiger partial charge in [-0.2, -0.15) is 0 Å². The topological polar surface area (TPSA) is 92.9 Å². The normalized spacial score (nSPS) is 14.3. The molecule has 1 N–H and O–H groups in total. The quantitative estimate of drug-likeness (QED) is 0.467. The van der Waals surface area contributed by atoms with Crippen molar-refractivity contribution in [1.29, 1.82) is 0 Å². The van der Waals surface area contributed by atoms with Gasteiger partial charge in [0.1, 0.15) is 0 Å². The SMILES string of the molecule is CN(C)CCOP(=O)(O)Cc1ccc([N+](=O)[O-])cc1. The Hall–Kier alpha value is -1.27. The van der Waals surface area contributed by atoms with E-state index < -0.39 is 12.5 Å². The summed E-state index contributed by atoms with van der Waals surface area (Å²) in [6.45, 7) is 0.707. The molecular weight excluding hydrogens is 271 g/mol. The minimum atomic E-state index is -3.71. The van der Waals surface area contributed by atoms with Crippen LogP contribution in [0.25, 0.3) is 0 Å². The number of nitrogens with zero attached hydrogens (tertiary/aromatic N) is 2. The maximum Gasteiger partial charge on any atom is 0.332 e. The number of hydrogen-bond donors (Lipinski definition) is 1. The molecule has 1 rings (SSSR count). The molecule has 1 unspecified atom stereocenters. The summed E-state index contributed by atoms with van der Waals surface area (Å²) in [6.07, 6.45) is -0.154. The highest BCUT2D eigenvalue weighted by Gasteiger charge is 2.20. The zero-order chi connectivity index (χ0) is 14.5. The highest BCUT2D eigenvalue weighted by Crippen LogP contribution is 2.45. The van der Waals surface area contributed by atoms with Gasteiger partial charge in [0.05, 0.1) is 17.7 Å². The number of hydrogen-bond acceptors (Lipinski definition) is 5. The van der Waals surface area contributed by atoms with Gasteiger partial charge < -0.3 is 14.3 Å². The van der Waals surface area contributed by atoms with E-state index in [1.165, 1.54) is 24.3 Å². The highest BCUT2D eigenvalue weighted by atomic mass is 31.2. The lowest BCUT2D eigenvalue weighted by Crippen LogP contribution is -2.17. The Morgan fingerprint density at radius 1 is 1.37 bits per heavy atom. The fraction of sp³-hybridized carbons (Fsp3) is 0.455. The Labute approximate surface area is 111 Å². The smallest absolute Gasteiger partial charge is 0.324 e. The molecule has 1 atom stereocenters. The van der Waals surface area contributed by atoms with Crippen LogP contribution < -0.4 is 0 Å². The zero-order valence-electron chi connectivity index (χ0n) is 10.9. The van der Waals surface area contributed by atoms with E-state index in [9.17, 15) is 19.6 Å². The van der Waals surface area contributed by atoms with Gasteiger partial charge in [-0.1, -0.05) is 12.1 Å². The number of benzene rings is 1. The van der Waals surface area contributed by atoms with E-state index >= 15 is 0 Å². The molecule has 0 amide bonds. The van der Waals surface area contributed by atoms with E-state index in [0.717, 1.165) is 0 Å². The second-order valence-corrected chi connectivity index (χ2v) is 6.20. The minimum absolute atomic E-state index is 0.0509. The third kappa shape index (κ3) is 5.94. The molecule has 0 spiro atoms. The van der Waals surface area contributed by atoms with E-state index in [4.69, 9.17) is 4.52 Å². The van der Waals surface area contributed by atoms with Gasteiger partial charge in [0, 0.05) is 18.7 Å². The van der Waals surface area contributed by atoms with Crippen LogP contribution in [0.2, 0.25) is 0 Å². The van der Waals surface area contributed by atoms with Crippen molar-refractivity contribution in [1.82, 2.24) is 4.90 Å². The van der Waals surface area contributed by atoms with E-state index in [0.29, 0.717) is 12.1 Å². The molecule has 0 fully saturated rings. The molecule has 0 heterocycles. The van der Waals surface area contributed by atoms with Crippen LogP contribution in [0, 0.1) is 10.1 Å². The van der Waals surface area contributed by atoms with Gasteiger partial charge in [-0.15, -0.1) is 0 Å². The minimum Gasteiger partial charge on any atom is -0.324 e. The van der Waals surface area contributed by atoms with Crippen LogP contribution in [0.5, 0.6) is 0 Å². The first-order valence-electron chi connectivity index (χ1n) is 5.64.